The Morgan fingerprint density at radius 3 is 2.93 bits per heavy atom. The lowest BCUT2D eigenvalue weighted by molar-refractivity contribution is -0.121. The van der Waals surface area contributed by atoms with Crippen LogP contribution in [0.1, 0.15) is 17.7 Å². The molecular weight excluding hydrogens is 194 g/mol. The number of nitrogens with zero attached hydrogens (tertiary/aromatic N) is 1. The van der Waals surface area contributed by atoms with Crippen molar-refractivity contribution in [1.29, 1.82) is 0 Å². The number of amides is 1. The van der Waals surface area contributed by atoms with Gasteiger partial charge in [0.15, 0.2) is 0 Å². The molecule has 1 aromatic heterocycles. The molecule has 0 aliphatic heterocycles. The largest absolute Gasteiger partial charge is 0.469 e. The van der Waals surface area contributed by atoms with E-state index in [0.29, 0.717) is 13.0 Å². The van der Waals surface area contributed by atoms with Gasteiger partial charge in [-0.2, -0.15) is 0 Å². The van der Waals surface area contributed by atoms with Crippen molar-refractivity contribution in [2.45, 2.75) is 19.9 Å². The highest BCUT2D eigenvalue weighted by molar-refractivity contribution is 5.75. The van der Waals surface area contributed by atoms with Crippen LogP contribution < -0.4 is 11.3 Å². The summed E-state index contributed by atoms with van der Waals surface area (Å²) in [5.41, 5.74) is 3.25. The first kappa shape index (κ1) is 11.7. The van der Waals surface area contributed by atoms with Crippen LogP contribution in [0.2, 0.25) is 0 Å². The SMILES string of the molecule is Cc1occc1CN(C)CCC(=O)NN. The molecule has 0 fully saturated rings. The van der Waals surface area contributed by atoms with Gasteiger partial charge in [0.05, 0.1) is 6.26 Å². The Hall–Kier alpha value is -1.33. The fraction of sp³-hybridized carbons (Fsp3) is 0.500. The monoisotopic (exact) mass is 211 g/mol. The second-order valence-electron chi connectivity index (χ2n) is 3.56. The fourth-order valence-corrected chi connectivity index (χ4v) is 1.31. The first-order valence-corrected chi connectivity index (χ1v) is 4.84. The lowest BCUT2D eigenvalue weighted by atomic mass is 10.2. The summed E-state index contributed by atoms with van der Waals surface area (Å²) in [6, 6.07) is 1.94. The predicted molar refractivity (Wildman–Crippen MR) is 56.7 cm³/mol. The number of hydrazine groups is 1. The number of hydrogen-bond donors (Lipinski definition) is 2. The van der Waals surface area contributed by atoms with Crippen molar-refractivity contribution in [3.05, 3.63) is 23.7 Å². The third-order valence-corrected chi connectivity index (χ3v) is 2.29. The Bertz CT molecular complexity index is 322. The quantitative estimate of drug-likeness (QED) is 0.420. The van der Waals surface area contributed by atoms with Crippen LogP contribution in [0.25, 0.3) is 0 Å². The number of nitrogens with two attached hydrogens (primary N) is 1. The van der Waals surface area contributed by atoms with Crippen LogP contribution in [0.5, 0.6) is 0 Å². The molecule has 0 aromatic carbocycles. The second kappa shape index (κ2) is 5.53. The Kier molecular flexibility index (Phi) is 4.33. The van der Waals surface area contributed by atoms with Gasteiger partial charge in [-0.05, 0) is 20.0 Å². The topological polar surface area (TPSA) is 71.5 Å². The summed E-state index contributed by atoms with van der Waals surface area (Å²) in [4.78, 5) is 13.0. The van der Waals surface area contributed by atoms with E-state index < -0.39 is 0 Å². The number of rotatable bonds is 5. The van der Waals surface area contributed by atoms with Gasteiger partial charge in [-0.1, -0.05) is 0 Å². The van der Waals surface area contributed by atoms with Crippen LogP contribution >= 0.6 is 0 Å². The van der Waals surface area contributed by atoms with Crippen molar-refractivity contribution >= 4 is 5.91 Å². The maximum Gasteiger partial charge on any atom is 0.235 e. The first-order chi connectivity index (χ1) is 7.13. The molecule has 3 N–H and O–H groups in total. The molecule has 0 aliphatic carbocycles. The molecule has 0 atom stereocenters. The number of furan rings is 1. The third kappa shape index (κ3) is 3.73. The summed E-state index contributed by atoms with van der Waals surface area (Å²) in [5.74, 6) is 5.76. The van der Waals surface area contributed by atoms with E-state index in [4.69, 9.17) is 10.3 Å². The van der Waals surface area contributed by atoms with E-state index in [9.17, 15) is 4.79 Å². The van der Waals surface area contributed by atoms with Gasteiger partial charge in [0.1, 0.15) is 5.76 Å². The van der Waals surface area contributed by atoms with Crippen LogP contribution in [0.15, 0.2) is 16.7 Å². The molecule has 5 heteroatoms. The van der Waals surface area contributed by atoms with Crippen LogP contribution in [-0.2, 0) is 11.3 Å². The number of nitrogens with one attached hydrogen (secondary N) is 1. The molecule has 1 amide bonds. The Labute approximate surface area is 89.2 Å². The minimum absolute atomic E-state index is 0.147. The number of hydrogen-bond acceptors (Lipinski definition) is 4. The van der Waals surface area contributed by atoms with Crippen molar-refractivity contribution < 1.29 is 9.21 Å². The molecule has 1 heterocycles. The molecule has 84 valence electrons. The van der Waals surface area contributed by atoms with Crippen molar-refractivity contribution in [1.82, 2.24) is 10.3 Å². The normalized spacial score (nSPS) is 10.7. The van der Waals surface area contributed by atoms with Crippen LogP contribution in [0.3, 0.4) is 0 Å². The molecule has 0 radical (unpaired) electrons. The maximum absolute atomic E-state index is 10.9. The molecule has 0 spiro atoms. The van der Waals surface area contributed by atoms with Crippen LogP contribution in [-0.4, -0.2) is 24.4 Å². The summed E-state index contributed by atoms with van der Waals surface area (Å²) in [6.45, 7) is 3.38. The van der Waals surface area contributed by atoms with Gasteiger partial charge in [0.2, 0.25) is 5.91 Å². The summed E-state index contributed by atoms with van der Waals surface area (Å²) in [5, 5.41) is 0. The summed E-state index contributed by atoms with van der Waals surface area (Å²) in [6.07, 6.45) is 2.08. The zero-order valence-corrected chi connectivity index (χ0v) is 9.12. The van der Waals surface area contributed by atoms with E-state index >= 15 is 0 Å². The van der Waals surface area contributed by atoms with Gasteiger partial charge in [0.25, 0.3) is 0 Å². The lowest BCUT2D eigenvalue weighted by Crippen LogP contribution is -2.33. The van der Waals surface area contributed by atoms with Crippen molar-refractivity contribution in [2.75, 3.05) is 13.6 Å². The smallest absolute Gasteiger partial charge is 0.235 e. The van der Waals surface area contributed by atoms with Crippen LogP contribution in [0, 0.1) is 6.92 Å². The van der Waals surface area contributed by atoms with Gasteiger partial charge in [-0.3, -0.25) is 10.2 Å². The molecule has 0 saturated carbocycles. The summed E-state index contributed by atoms with van der Waals surface area (Å²) < 4.78 is 5.19. The van der Waals surface area contributed by atoms with E-state index in [2.05, 4.69) is 5.43 Å². The van der Waals surface area contributed by atoms with Crippen molar-refractivity contribution in [3.8, 4) is 0 Å². The number of carbonyl (C=O) groups excluding carboxylic acids is 1. The van der Waals surface area contributed by atoms with Gasteiger partial charge < -0.3 is 9.32 Å². The zero-order chi connectivity index (χ0) is 11.3. The fourth-order valence-electron chi connectivity index (χ4n) is 1.31. The van der Waals surface area contributed by atoms with Gasteiger partial charge >= 0.3 is 0 Å². The molecule has 0 aliphatic rings. The van der Waals surface area contributed by atoms with E-state index in [0.717, 1.165) is 17.9 Å². The molecule has 0 saturated heterocycles. The van der Waals surface area contributed by atoms with E-state index in [1.165, 1.54) is 0 Å². The van der Waals surface area contributed by atoms with E-state index in [1.807, 2.05) is 24.9 Å². The van der Waals surface area contributed by atoms with Crippen LogP contribution in [0.4, 0.5) is 0 Å². The Morgan fingerprint density at radius 2 is 2.40 bits per heavy atom. The highest BCUT2D eigenvalue weighted by atomic mass is 16.3. The molecular formula is C10H17N3O2. The molecule has 15 heavy (non-hydrogen) atoms. The van der Waals surface area contributed by atoms with Gasteiger partial charge in [-0.25, -0.2) is 5.84 Å². The summed E-state index contributed by atoms with van der Waals surface area (Å²) >= 11 is 0. The standard InChI is InChI=1S/C10H17N3O2/c1-8-9(4-6-15-8)7-13(2)5-3-10(14)12-11/h4,6H,3,5,7,11H2,1-2H3,(H,12,14). The van der Waals surface area contributed by atoms with Crippen molar-refractivity contribution in [3.63, 3.8) is 0 Å². The average Bonchev–Trinajstić information content (AvgIpc) is 2.61. The lowest BCUT2D eigenvalue weighted by Gasteiger charge is -2.15. The zero-order valence-electron chi connectivity index (χ0n) is 9.12. The van der Waals surface area contributed by atoms with E-state index in [-0.39, 0.29) is 5.91 Å². The van der Waals surface area contributed by atoms with Gasteiger partial charge in [-0.15, -0.1) is 0 Å². The third-order valence-electron chi connectivity index (χ3n) is 2.29. The molecule has 0 bridgehead atoms. The first-order valence-electron chi connectivity index (χ1n) is 4.84. The molecule has 1 aromatic rings. The highest BCUT2D eigenvalue weighted by Crippen LogP contribution is 2.10. The molecule has 0 unspecified atom stereocenters. The maximum atomic E-state index is 10.9. The van der Waals surface area contributed by atoms with Crippen molar-refractivity contribution in [2.24, 2.45) is 5.84 Å². The van der Waals surface area contributed by atoms with Gasteiger partial charge in [0, 0.05) is 25.1 Å². The average molecular weight is 211 g/mol. The Morgan fingerprint density at radius 1 is 1.67 bits per heavy atom. The van der Waals surface area contributed by atoms with E-state index in [1.54, 1.807) is 6.26 Å². The minimum Gasteiger partial charge on any atom is -0.469 e. The predicted octanol–water partition coefficient (Wildman–Crippen LogP) is 0.400. The number of aryl methyl sites for hydroxylation is 1. The second-order valence-corrected chi connectivity index (χ2v) is 3.56. The molecule has 5 nitrogen and oxygen atoms in total. The minimum atomic E-state index is -0.147. The Balaban J connectivity index is 2.33. The molecule has 1 rings (SSSR count). The summed E-state index contributed by atoms with van der Waals surface area (Å²) in [7, 11) is 1.95. The highest BCUT2D eigenvalue weighted by Gasteiger charge is 2.06. The number of carbonyl (C=O) groups is 1.